The van der Waals surface area contributed by atoms with Crippen LogP contribution in [0.25, 0.3) is 10.8 Å². The van der Waals surface area contributed by atoms with Gasteiger partial charge in [-0.3, -0.25) is 0 Å². The van der Waals surface area contributed by atoms with Gasteiger partial charge in [-0.25, -0.2) is 0 Å². The van der Waals surface area contributed by atoms with Gasteiger partial charge in [-0.1, -0.05) is 23.7 Å². The molecule has 0 bridgehead atoms. The summed E-state index contributed by atoms with van der Waals surface area (Å²) in [6.07, 6.45) is 0. The van der Waals surface area contributed by atoms with Crippen molar-refractivity contribution < 1.29 is 14.9 Å². The molecule has 0 amide bonds. The van der Waals surface area contributed by atoms with Gasteiger partial charge in [0.15, 0.2) is 11.5 Å². The first-order valence-electron chi connectivity index (χ1n) is 4.32. The molecule has 0 saturated heterocycles. The number of hydrogen-bond donors (Lipinski definition) is 2. The van der Waals surface area contributed by atoms with Crippen LogP contribution in [0.1, 0.15) is 0 Å². The lowest BCUT2D eigenvalue weighted by Crippen LogP contribution is -1.85. The topological polar surface area (TPSA) is 49.7 Å². The van der Waals surface area contributed by atoms with Gasteiger partial charge in [0.1, 0.15) is 5.75 Å². The molecule has 0 fully saturated rings. The van der Waals surface area contributed by atoms with Crippen LogP contribution in [0.5, 0.6) is 17.2 Å². The Hall–Kier alpha value is -1.61. The van der Waals surface area contributed by atoms with Crippen LogP contribution in [-0.4, -0.2) is 17.3 Å². The average Bonchev–Trinajstić information content (AvgIpc) is 2.23. The van der Waals surface area contributed by atoms with Crippen LogP contribution in [-0.2, 0) is 0 Å². The third-order valence-electron chi connectivity index (χ3n) is 2.25. The van der Waals surface area contributed by atoms with Gasteiger partial charge in [-0.2, -0.15) is 0 Å². The number of phenols is 2. The third kappa shape index (κ3) is 1.45. The summed E-state index contributed by atoms with van der Waals surface area (Å²) in [5.41, 5.74) is 0. The molecule has 0 spiro atoms. The molecule has 0 aliphatic heterocycles. The summed E-state index contributed by atoms with van der Waals surface area (Å²) in [6.45, 7) is 0. The molecule has 0 aliphatic rings. The van der Waals surface area contributed by atoms with Crippen LogP contribution in [0.4, 0.5) is 0 Å². The number of fused-ring (bicyclic) bond motifs is 1. The van der Waals surface area contributed by atoms with Crippen molar-refractivity contribution >= 4 is 22.4 Å². The summed E-state index contributed by atoms with van der Waals surface area (Å²) in [4.78, 5) is 0. The van der Waals surface area contributed by atoms with Crippen molar-refractivity contribution in [2.75, 3.05) is 7.11 Å². The van der Waals surface area contributed by atoms with E-state index < -0.39 is 0 Å². The Kier molecular flexibility index (Phi) is 2.32. The van der Waals surface area contributed by atoms with Crippen molar-refractivity contribution in [1.82, 2.24) is 0 Å². The van der Waals surface area contributed by atoms with Gasteiger partial charge in [0.05, 0.1) is 12.1 Å². The molecule has 0 radical (unpaired) electrons. The van der Waals surface area contributed by atoms with E-state index in [9.17, 15) is 10.2 Å². The fourth-order valence-corrected chi connectivity index (χ4v) is 1.81. The van der Waals surface area contributed by atoms with E-state index in [0.29, 0.717) is 15.8 Å². The highest BCUT2D eigenvalue weighted by molar-refractivity contribution is 6.36. The highest BCUT2D eigenvalue weighted by atomic mass is 35.5. The number of aromatic hydroxyl groups is 2. The number of benzene rings is 2. The smallest absolute Gasteiger partial charge is 0.165 e. The number of ether oxygens (including phenoxy) is 1. The molecule has 0 aliphatic carbocycles. The summed E-state index contributed by atoms with van der Waals surface area (Å²) in [5, 5.41) is 20.8. The van der Waals surface area contributed by atoms with Gasteiger partial charge >= 0.3 is 0 Å². The quantitative estimate of drug-likeness (QED) is 0.733. The molecule has 2 aromatic rings. The van der Waals surface area contributed by atoms with Crippen molar-refractivity contribution in [1.29, 1.82) is 0 Å². The Morgan fingerprint density at radius 1 is 1.27 bits per heavy atom. The van der Waals surface area contributed by atoms with Crippen molar-refractivity contribution in [3.63, 3.8) is 0 Å². The first-order chi connectivity index (χ1) is 7.15. The maximum Gasteiger partial charge on any atom is 0.165 e. The molecule has 2 rings (SSSR count). The van der Waals surface area contributed by atoms with E-state index in [0.717, 1.165) is 0 Å². The lowest BCUT2D eigenvalue weighted by molar-refractivity contribution is 0.372. The molecule has 0 unspecified atom stereocenters. The Morgan fingerprint density at radius 2 is 2.00 bits per heavy atom. The van der Waals surface area contributed by atoms with Crippen molar-refractivity contribution in [2.45, 2.75) is 0 Å². The molecular formula is C11H9ClO3. The van der Waals surface area contributed by atoms with E-state index in [1.165, 1.54) is 13.2 Å². The highest BCUT2D eigenvalue weighted by Crippen LogP contribution is 2.42. The molecule has 2 aromatic carbocycles. The van der Waals surface area contributed by atoms with E-state index in [1.807, 2.05) is 0 Å². The second kappa shape index (κ2) is 3.51. The molecule has 0 saturated carbocycles. The van der Waals surface area contributed by atoms with Crippen LogP contribution in [0.15, 0.2) is 24.3 Å². The molecule has 3 nitrogen and oxygen atoms in total. The first-order valence-corrected chi connectivity index (χ1v) is 4.70. The maximum atomic E-state index is 9.80. The summed E-state index contributed by atoms with van der Waals surface area (Å²) in [5.74, 6) is 0.195. The van der Waals surface area contributed by atoms with Crippen LogP contribution in [0, 0.1) is 0 Å². The van der Waals surface area contributed by atoms with Crippen molar-refractivity contribution in [3.05, 3.63) is 29.3 Å². The summed E-state index contributed by atoms with van der Waals surface area (Å²) in [7, 11) is 1.42. The van der Waals surface area contributed by atoms with Crippen LogP contribution < -0.4 is 4.74 Å². The molecule has 4 heteroatoms. The maximum absolute atomic E-state index is 9.80. The second-order valence-electron chi connectivity index (χ2n) is 3.11. The molecule has 15 heavy (non-hydrogen) atoms. The average molecular weight is 225 g/mol. The van der Waals surface area contributed by atoms with E-state index in [1.54, 1.807) is 18.2 Å². The zero-order chi connectivity index (χ0) is 11.0. The lowest BCUT2D eigenvalue weighted by atomic mass is 10.1. The summed E-state index contributed by atoms with van der Waals surface area (Å²) >= 11 is 5.92. The predicted octanol–water partition coefficient (Wildman–Crippen LogP) is 2.91. The van der Waals surface area contributed by atoms with Gasteiger partial charge < -0.3 is 14.9 Å². The Bertz CT molecular complexity index is 523. The van der Waals surface area contributed by atoms with E-state index in [2.05, 4.69) is 0 Å². The SMILES string of the molecule is COc1cc(O)c2c(Cl)cccc2c1O. The number of phenolic OH excluding ortho intramolecular Hbond substituents is 2. The normalized spacial score (nSPS) is 10.5. The minimum atomic E-state index is -0.0206. The molecule has 0 atom stereocenters. The van der Waals surface area contributed by atoms with Crippen LogP contribution in [0.2, 0.25) is 5.02 Å². The fraction of sp³-hybridized carbons (Fsp3) is 0.0909. The van der Waals surface area contributed by atoms with Gasteiger partial charge in [0.2, 0.25) is 0 Å². The van der Waals surface area contributed by atoms with Crippen LogP contribution >= 0.6 is 11.6 Å². The summed E-state index contributed by atoms with van der Waals surface area (Å²) in [6, 6.07) is 6.35. The van der Waals surface area contributed by atoms with Crippen molar-refractivity contribution in [2.24, 2.45) is 0 Å². The van der Waals surface area contributed by atoms with Crippen molar-refractivity contribution in [3.8, 4) is 17.2 Å². The number of halogens is 1. The van der Waals surface area contributed by atoms with Gasteiger partial charge in [0.25, 0.3) is 0 Å². The van der Waals surface area contributed by atoms with Gasteiger partial charge in [-0.05, 0) is 6.07 Å². The number of hydrogen-bond acceptors (Lipinski definition) is 3. The molecule has 0 aromatic heterocycles. The summed E-state index contributed by atoms with van der Waals surface area (Å²) < 4.78 is 4.92. The minimum Gasteiger partial charge on any atom is -0.507 e. The van der Waals surface area contributed by atoms with Crippen LogP contribution in [0.3, 0.4) is 0 Å². The fourth-order valence-electron chi connectivity index (χ4n) is 1.53. The molecular weight excluding hydrogens is 216 g/mol. The molecule has 0 heterocycles. The zero-order valence-electron chi connectivity index (χ0n) is 7.99. The largest absolute Gasteiger partial charge is 0.507 e. The Morgan fingerprint density at radius 3 is 2.67 bits per heavy atom. The predicted molar refractivity (Wildman–Crippen MR) is 58.8 cm³/mol. The zero-order valence-corrected chi connectivity index (χ0v) is 8.75. The Labute approximate surface area is 91.5 Å². The Balaban J connectivity index is 2.93. The van der Waals surface area contributed by atoms with E-state index in [4.69, 9.17) is 16.3 Å². The second-order valence-corrected chi connectivity index (χ2v) is 3.52. The molecule has 78 valence electrons. The third-order valence-corrected chi connectivity index (χ3v) is 2.56. The van der Waals surface area contributed by atoms with E-state index in [-0.39, 0.29) is 17.2 Å². The monoisotopic (exact) mass is 224 g/mol. The van der Waals surface area contributed by atoms with E-state index >= 15 is 0 Å². The highest BCUT2D eigenvalue weighted by Gasteiger charge is 2.13. The number of rotatable bonds is 1. The minimum absolute atomic E-state index is 0.00903. The first kappa shape index (κ1) is 9.93. The number of methoxy groups -OCH3 is 1. The van der Waals surface area contributed by atoms with Gasteiger partial charge in [0, 0.05) is 16.8 Å². The lowest BCUT2D eigenvalue weighted by Gasteiger charge is -2.09. The van der Waals surface area contributed by atoms with Gasteiger partial charge in [-0.15, -0.1) is 0 Å². The standard InChI is InChI=1S/C11H9ClO3/c1-15-9-5-8(13)10-6(11(9)14)3-2-4-7(10)12/h2-5,13-14H,1H3. The molecule has 2 N–H and O–H groups in total.